The summed E-state index contributed by atoms with van der Waals surface area (Å²) >= 11 is 3.07. The Labute approximate surface area is 123 Å². The third-order valence-electron chi connectivity index (χ3n) is 2.56. The number of carbonyl (C=O) groups excluding carboxylic acids is 1. The molecule has 0 saturated heterocycles. The molecule has 0 bridgehead atoms. The SMILES string of the molecule is O=C(NCc1ccccn1)c1ccc(Br)c([N+](=O)[O-])c1. The van der Waals surface area contributed by atoms with E-state index in [1.54, 1.807) is 18.3 Å². The Morgan fingerprint density at radius 2 is 2.15 bits per heavy atom. The smallest absolute Gasteiger partial charge is 0.284 e. The Hall–Kier alpha value is -2.28. The van der Waals surface area contributed by atoms with Crippen molar-refractivity contribution in [1.82, 2.24) is 10.3 Å². The highest BCUT2D eigenvalue weighted by Crippen LogP contribution is 2.25. The fourth-order valence-electron chi connectivity index (χ4n) is 1.57. The zero-order chi connectivity index (χ0) is 14.5. The van der Waals surface area contributed by atoms with Crippen LogP contribution in [0.3, 0.4) is 0 Å². The van der Waals surface area contributed by atoms with E-state index in [2.05, 4.69) is 26.2 Å². The van der Waals surface area contributed by atoms with Gasteiger partial charge in [0.15, 0.2) is 0 Å². The van der Waals surface area contributed by atoms with E-state index in [-0.39, 0.29) is 23.7 Å². The lowest BCUT2D eigenvalue weighted by atomic mass is 10.2. The Balaban J connectivity index is 2.10. The summed E-state index contributed by atoms with van der Waals surface area (Å²) in [5.74, 6) is -0.383. The summed E-state index contributed by atoms with van der Waals surface area (Å²) < 4.78 is 0.337. The summed E-state index contributed by atoms with van der Waals surface area (Å²) in [6, 6.07) is 9.61. The van der Waals surface area contributed by atoms with E-state index in [1.165, 1.54) is 18.2 Å². The Bertz CT molecular complexity index is 647. The van der Waals surface area contributed by atoms with Gasteiger partial charge in [0.1, 0.15) is 0 Å². The molecule has 20 heavy (non-hydrogen) atoms. The van der Waals surface area contributed by atoms with Crippen molar-refractivity contribution in [2.45, 2.75) is 6.54 Å². The van der Waals surface area contributed by atoms with Crippen molar-refractivity contribution in [3.05, 3.63) is 68.4 Å². The van der Waals surface area contributed by atoms with Gasteiger partial charge in [-0.15, -0.1) is 0 Å². The molecule has 0 saturated carbocycles. The monoisotopic (exact) mass is 335 g/mol. The summed E-state index contributed by atoms with van der Waals surface area (Å²) in [7, 11) is 0. The van der Waals surface area contributed by atoms with E-state index in [1.807, 2.05) is 6.07 Å². The van der Waals surface area contributed by atoms with Crippen molar-refractivity contribution < 1.29 is 9.72 Å². The van der Waals surface area contributed by atoms with Gasteiger partial charge in [0, 0.05) is 17.8 Å². The van der Waals surface area contributed by atoms with Gasteiger partial charge in [0.2, 0.25) is 0 Å². The van der Waals surface area contributed by atoms with Crippen molar-refractivity contribution in [3.63, 3.8) is 0 Å². The second-order valence-corrected chi connectivity index (χ2v) is 4.78. The van der Waals surface area contributed by atoms with Crippen molar-refractivity contribution >= 4 is 27.5 Å². The van der Waals surface area contributed by atoms with E-state index in [4.69, 9.17) is 0 Å². The molecule has 1 aromatic heterocycles. The summed E-state index contributed by atoms with van der Waals surface area (Å²) in [4.78, 5) is 26.3. The predicted octanol–water partition coefficient (Wildman–Crippen LogP) is 2.68. The lowest BCUT2D eigenvalue weighted by Gasteiger charge is -2.05. The number of nitro groups is 1. The Morgan fingerprint density at radius 3 is 2.80 bits per heavy atom. The predicted molar refractivity (Wildman–Crippen MR) is 76.2 cm³/mol. The van der Waals surface area contributed by atoms with Crippen LogP contribution < -0.4 is 5.32 Å². The van der Waals surface area contributed by atoms with Crippen molar-refractivity contribution in [1.29, 1.82) is 0 Å². The molecule has 0 aliphatic rings. The molecule has 102 valence electrons. The molecule has 0 aliphatic heterocycles. The number of nitrogens with zero attached hydrogens (tertiary/aromatic N) is 2. The van der Waals surface area contributed by atoms with Gasteiger partial charge in [0.05, 0.1) is 21.6 Å². The molecule has 7 heteroatoms. The van der Waals surface area contributed by atoms with Gasteiger partial charge < -0.3 is 5.32 Å². The molecule has 0 radical (unpaired) electrons. The first-order chi connectivity index (χ1) is 9.58. The number of benzene rings is 1. The molecular formula is C13H10BrN3O3. The van der Waals surface area contributed by atoms with Crippen LogP contribution in [0.4, 0.5) is 5.69 Å². The molecule has 2 aromatic rings. The average molecular weight is 336 g/mol. The molecule has 0 atom stereocenters. The number of nitrogens with one attached hydrogen (secondary N) is 1. The molecule has 1 aromatic carbocycles. The summed E-state index contributed by atoms with van der Waals surface area (Å²) in [5, 5.41) is 13.5. The highest BCUT2D eigenvalue weighted by molar-refractivity contribution is 9.10. The fraction of sp³-hybridized carbons (Fsp3) is 0.0769. The van der Waals surface area contributed by atoms with Gasteiger partial charge >= 0.3 is 0 Å². The van der Waals surface area contributed by atoms with Gasteiger partial charge in [-0.25, -0.2) is 0 Å². The van der Waals surface area contributed by atoms with Crippen LogP contribution in [0.25, 0.3) is 0 Å². The first-order valence-electron chi connectivity index (χ1n) is 5.70. The number of aromatic nitrogens is 1. The molecule has 0 unspecified atom stereocenters. The van der Waals surface area contributed by atoms with E-state index >= 15 is 0 Å². The first-order valence-corrected chi connectivity index (χ1v) is 6.49. The van der Waals surface area contributed by atoms with Crippen molar-refractivity contribution in [2.75, 3.05) is 0 Å². The van der Waals surface area contributed by atoms with Crippen LogP contribution >= 0.6 is 15.9 Å². The number of hydrogen-bond donors (Lipinski definition) is 1. The van der Waals surface area contributed by atoms with Crippen LogP contribution in [0.2, 0.25) is 0 Å². The van der Waals surface area contributed by atoms with Crippen LogP contribution in [-0.2, 0) is 6.54 Å². The van der Waals surface area contributed by atoms with Crippen LogP contribution in [0.1, 0.15) is 16.1 Å². The van der Waals surface area contributed by atoms with Crippen LogP contribution in [0, 0.1) is 10.1 Å². The van der Waals surface area contributed by atoms with Crippen LogP contribution in [0.15, 0.2) is 47.1 Å². The Kier molecular flexibility index (Phi) is 4.41. The standard InChI is InChI=1S/C13H10BrN3O3/c14-11-5-4-9(7-12(11)17(19)20)13(18)16-8-10-3-1-2-6-15-10/h1-7H,8H2,(H,16,18). The average Bonchev–Trinajstić information content (AvgIpc) is 2.46. The molecule has 1 N–H and O–H groups in total. The zero-order valence-corrected chi connectivity index (χ0v) is 11.8. The number of nitro benzene ring substituents is 1. The zero-order valence-electron chi connectivity index (χ0n) is 10.2. The molecule has 2 rings (SSSR count). The number of amides is 1. The third kappa shape index (κ3) is 3.39. The maximum Gasteiger partial charge on any atom is 0.284 e. The number of rotatable bonds is 4. The van der Waals surface area contributed by atoms with Gasteiger partial charge in [-0.3, -0.25) is 19.9 Å². The summed E-state index contributed by atoms with van der Waals surface area (Å²) in [5.41, 5.74) is 0.804. The van der Waals surface area contributed by atoms with Crippen LogP contribution in [0.5, 0.6) is 0 Å². The molecule has 6 nitrogen and oxygen atoms in total. The maximum atomic E-state index is 11.9. The van der Waals surface area contributed by atoms with E-state index in [0.29, 0.717) is 10.2 Å². The maximum absolute atomic E-state index is 11.9. The number of pyridine rings is 1. The topological polar surface area (TPSA) is 85.1 Å². The molecule has 0 spiro atoms. The van der Waals surface area contributed by atoms with Crippen LogP contribution in [-0.4, -0.2) is 15.8 Å². The highest BCUT2D eigenvalue weighted by Gasteiger charge is 2.15. The highest BCUT2D eigenvalue weighted by atomic mass is 79.9. The number of halogens is 1. The minimum atomic E-state index is -0.542. The van der Waals surface area contributed by atoms with Gasteiger partial charge in [-0.05, 0) is 40.2 Å². The minimum absolute atomic E-state index is 0.143. The van der Waals surface area contributed by atoms with Crippen molar-refractivity contribution in [3.8, 4) is 0 Å². The quantitative estimate of drug-likeness (QED) is 0.687. The Morgan fingerprint density at radius 1 is 1.35 bits per heavy atom. The molecular weight excluding hydrogens is 326 g/mol. The van der Waals surface area contributed by atoms with Crippen molar-refractivity contribution in [2.24, 2.45) is 0 Å². The van der Waals surface area contributed by atoms with Gasteiger partial charge in [-0.1, -0.05) is 6.07 Å². The first kappa shape index (κ1) is 14.1. The minimum Gasteiger partial charge on any atom is -0.346 e. The fourth-order valence-corrected chi connectivity index (χ4v) is 1.96. The lowest BCUT2D eigenvalue weighted by molar-refractivity contribution is -0.385. The van der Waals surface area contributed by atoms with E-state index < -0.39 is 4.92 Å². The second-order valence-electron chi connectivity index (χ2n) is 3.93. The van der Waals surface area contributed by atoms with Gasteiger partial charge in [0.25, 0.3) is 11.6 Å². The summed E-state index contributed by atoms with van der Waals surface area (Å²) in [6.07, 6.45) is 1.63. The molecule has 0 aliphatic carbocycles. The number of carbonyl (C=O) groups is 1. The van der Waals surface area contributed by atoms with E-state index in [9.17, 15) is 14.9 Å². The lowest BCUT2D eigenvalue weighted by Crippen LogP contribution is -2.23. The second kappa shape index (κ2) is 6.25. The largest absolute Gasteiger partial charge is 0.346 e. The third-order valence-corrected chi connectivity index (χ3v) is 3.23. The van der Waals surface area contributed by atoms with Gasteiger partial charge in [-0.2, -0.15) is 0 Å². The number of hydrogen-bond acceptors (Lipinski definition) is 4. The normalized spacial score (nSPS) is 10.1. The molecule has 0 fully saturated rings. The van der Waals surface area contributed by atoms with E-state index in [0.717, 1.165) is 0 Å². The summed E-state index contributed by atoms with van der Waals surface area (Å²) in [6.45, 7) is 0.267. The molecule has 1 amide bonds. The molecule has 1 heterocycles.